The molecule has 0 unspecified atom stereocenters. The summed E-state index contributed by atoms with van der Waals surface area (Å²) in [5, 5.41) is 13.8. The largest absolute Gasteiger partial charge is 0.467 e. The number of amides is 2. The van der Waals surface area contributed by atoms with E-state index in [0.717, 1.165) is 11.1 Å². The first-order valence-electron chi connectivity index (χ1n) is 9.47. The van der Waals surface area contributed by atoms with Crippen molar-refractivity contribution in [3.8, 4) is 11.8 Å². The Labute approximate surface area is 175 Å². The maximum Gasteiger partial charge on any atom is 0.328 e. The zero-order valence-electron chi connectivity index (χ0n) is 16.7. The number of aliphatic hydroxyl groups excluding tert-OH is 1. The quantitative estimate of drug-likeness (QED) is 0.346. The van der Waals surface area contributed by atoms with Gasteiger partial charge in [0.15, 0.2) is 0 Å². The fourth-order valence-electron chi connectivity index (χ4n) is 2.51. The van der Waals surface area contributed by atoms with Crippen molar-refractivity contribution in [2.45, 2.75) is 18.9 Å². The number of methoxy groups -OCH3 is 1. The summed E-state index contributed by atoms with van der Waals surface area (Å²) in [6.07, 6.45) is 0.144. The molecule has 0 heterocycles. The first-order valence-corrected chi connectivity index (χ1v) is 9.47. The molecule has 0 aliphatic carbocycles. The van der Waals surface area contributed by atoms with Crippen LogP contribution in [0.25, 0.3) is 0 Å². The number of ether oxygens (including phenoxy) is 1. The van der Waals surface area contributed by atoms with Gasteiger partial charge in [-0.25, -0.2) is 4.79 Å². The summed E-state index contributed by atoms with van der Waals surface area (Å²) >= 11 is 0. The summed E-state index contributed by atoms with van der Waals surface area (Å²) in [6, 6.07) is 15.0. The highest BCUT2D eigenvalue weighted by Crippen LogP contribution is 2.06. The topological polar surface area (TPSA) is 105 Å². The number of carbonyl (C=O) groups is 3. The zero-order chi connectivity index (χ0) is 21.8. The second-order valence-corrected chi connectivity index (χ2v) is 6.37. The minimum atomic E-state index is -1.12. The maximum absolute atomic E-state index is 12.5. The van der Waals surface area contributed by atoms with E-state index in [1.54, 1.807) is 24.3 Å². The first kappa shape index (κ1) is 22.7. The van der Waals surface area contributed by atoms with Gasteiger partial charge in [0, 0.05) is 29.8 Å². The molecular weight excluding hydrogens is 384 g/mol. The van der Waals surface area contributed by atoms with Crippen LogP contribution < -0.4 is 10.6 Å². The zero-order valence-corrected chi connectivity index (χ0v) is 16.7. The molecule has 0 saturated carbocycles. The van der Waals surface area contributed by atoms with E-state index < -0.39 is 23.8 Å². The third kappa shape index (κ3) is 7.41. The minimum Gasteiger partial charge on any atom is -0.467 e. The van der Waals surface area contributed by atoms with E-state index in [4.69, 9.17) is 5.11 Å². The van der Waals surface area contributed by atoms with Crippen molar-refractivity contribution in [2.24, 2.45) is 0 Å². The molecule has 7 heteroatoms. The van der Waals surface area contributed by atoms with Crippen LogP contribution in [-0.2, 0) is 14.3 Å². The second-order valence-electron chi connectivity index (χ2n) is 6.37. The summed E-state index contributed by atoms with van der Waals surface area (Å²) < 4.78 is 4.68. The minimum absolute atomic E-state index is 0.0524. The fraction of sp³-hybridized carbons (Fsp3) is 0.261. The molecule has 2 amide bonds. The number of carbonyl (C=O) groups excluding carboxylic acids is 3. The first-order chi connectivity index (χ1) is 14.5. The standard InChI is InChI=1S/C23H24N2O5/c1-30-23(29)20(16-21(27)24-14-5-15-26)25-22(28)19-12-10-18(11-13-19)9-8-17-6-3-2-4-7-17/h2-4,6-7,10-13,20,26H,5,14-16H2,1H3,(H,24,27)(H,25,28)/t20-/m0/s1. The Kier molecular flexibility index (Phi) is 9.10. The van der Waals surface area contributed by atoms with Gasteiger partial charge in [-0.05, 0) is 42.8 Å². The van der Waals surface area contributed by atoms with E-state index in [0.29, 0.717) is 12.0 Å². The molecule has 156 valence electrons. The molecule has 0 fully saturated rings. The van der Waals surface area contributed by atoms with Crippen molar-refractivity contribution in [2.75, 3.05) is 20.3 Å². The van der Waals surface area contributed by atoms with Crippen LogP contribution in [0, 0.1) is 11.8 Å². The van der Waals surface area contributed by atoms with Gasteiger partial charge in [0.05, 0.1) is 13.5 Å². The highest BCUT2D eigenvalue weighted by Gasteiger charge is 2.25. The van der Waals surface area contributed by atoms with Gasteiger partial charge < -0.3 is 20.5 Å². The van der Waals surface area contributed by atoms with Gasteiger partial charge >= 0.3 is 5.97 Å². The highest BCUT2D eigenvalue weighted by atomic mass is 16.5. The normalized spacial score (nSPS) is 10.9. The van der Waals surface area contributed by atoms with Gasteiger partial charge in [0.25, 0.3) is 5.91 Å². The van der Waals surface area contributed by atoms with Crippen molar-refractivity contribution in [3.05, 3.63) is 71.3 Å². The Morgan fingerprint density at radius 2 is 1.63 bits per heavy atom. The van der Waals surface area contributed by atoms with E-state index >= 15 is 0 Å². The molecule has 0 saturated heterocycles. The predicted molar refractivity (Wildman–Crippen MR) is 111 cm³/mol. The molecule has 0 spiro atoms. The summed E-state index contributed by atoms with van der Waals surface area (Å²) in [5.74, 6) is 4.41. The third-order valence-electron chi connectivity index (χ3n) is 4.11. The molecule has 0 aliphatic rings. The summed E-state index contributed by atoms with van der Waals surface area (Å²) in [5.41, 5.74) is 1.95. The molecule has 0 aromatic heterocycles. The Morgan fingerprint density at radius 1 is 1.00 bits per heavy atom. The fourth-order valence-corrected chi connectivity index (χ4v) is 2.51. The van der Waals surface area contributed by atoms with Crippen molar-refractivity contribution in [3.63, 3.8) is 0 Å². The van der Waals surface area contributed by atoms with Gasteiger partial charge in [0.2, 0.25) is 5.91 Å². The van der Waals surface area contributed by atoms with Crippen molar-refractivity contribution in [1.29, 1.82) is 0 Å². The van der Waals surface area contributed by atoms with Crippen molar-refractivity contribution < 1.29 is 24.2 Å². The third-order valence-corrected chi connectivity index (χ3v) is 4.11. The lowest BCUT2D eigenvalue weighted by atomic mass is 10.1. The summed E-state index contributed by atoms with van der Waals surface area (Å²) in [7, 11) is 1.19. The van der Waals surface area contributed by atoms with E-state index in [1.807, 2.05) is 30.3 Å². The van der Waals surface area contributed by atoms with Gasteiger partial charge in [-0.15, -0.1) is 0 Å². The van der Waals surface area contributed by atoms with E-state index in [2.05, 4.69) is 27.2 Å². The molecule has 3 N–H and O–H groups in total. The summed E-state index contributed by atoms with van der Waals surface area (Å²) in [6.45, 7) is 0.228. The lowest BCUT2D eigenvalue weighted by Crippen LogP contribution is -2.45. The Hall–Kier alpha value is -3.63. The van der Waals surface area contributed by atoms with Crippen LogP contribution in [0.5, 0.6) is 0 Å². The van der Waals surface area contributed by atoms with E-state index in [-0.39, 0.29) is 19.6 Å². The molecule has 7 nitrogen and oxygen atoms in total. The number of hydrogen-bond acceptors (Lipinski definition) is 5. The van der Waals surface area contributed by atoms with Gasteiger partial charge in [-0.2, -0.15) is 0 Å². The number of rotatable bonds is 8. The number of nitrogens with one attached hydrogen (secondary N) is 2. The Bertz CT molecular complexity index is 914. The number of aliphatic hydroxyl groups is 1. The molecule has 0 radical (unpaired) electrons. The Morgan fingerprint density at radius 3 is 2.23 bits per heavy atom. The highest BCUT2D eigenvalue weighted by molar-refractivity contribution is 5.98. The SMILES string of the molecule is COC(=O)[C@H](CC(=O)NCCCO)NC(=O)c1ccc(C#Cc2ccccc2)cc1. The van der Waals surface area contributed by atoms with Crippen LogP contribution in [0.2, 0.25) is 0 Å². The van der Waals surface area contributed by atoms with Crippen molar-refractivity contribution in [1.82, 2.24) is 10.6 Å². The molecule has 2 aromatic rings. The van der Waals surface area contributed by atoms with E-state index in [1.165, 1.54) is 7.11 Å². The average molecular weight is 408 g/mol. The van der Waals surface area contributed by atoms with Crippen LogP contribution in [0.1, 0.15) is 34.3 Å². The van der Waals surface area contributed by atoms with Crippen molar-refractivity contribution >= 4 is 17.8 Å². The van der Waals surface area contributed by atoms with Gasteiger partial charge in [-0.1, -0.05) is 30.0 Å². The number of esters is 1. The van der Waals surface area contributed by atoms with Crippen LogP contribution in [0.4, 0.5) is 0 Å². The van der Waals surface area contributed by atoms with Crippen LogP contribution >= 0.6 is 0 Å². The monoisotopic (exact) mass is 408 g/mol. The second kappa shape index (κ2) is 12.0. The van der Waals surface area contributed by atoms with Gasteiger partial charge in [-0.3, -0.25) is 9.59 Å². The molecule has 1 atom stereocenters. The smallest absolute Gasteiger partial charge is 0.328 e. The summed E-state index contributed by atoms with van der Waals surface area (Å²) in [4.78, 5) is 36.4. The lowest BCUT2D eigenvalue weighted by molar-refractivity contribution is -0.144. The number of hydrogen-bond donors (Lipinski definition) is 3. The molecule has 30 heavy (non-hydrogen) atoms. The van der Waals surface area contributed by atoms with Crippen LogP contribution in [0.3, 0.4) is 0 Å². The maximum atomic E-state index is 12.5. The lowest BCUT2D eigenvalue weighted by Gasteiger charge is -2.16. The number of benzene rings is 2. The molecule has 0 aliphatic heterocycles. The molecule has 2 aromatic carbocycles. The van der Waals surface area contributed by atoms with Crippen LogP contribution in [0.15, 0.2) is 54.6 Å². The molecule has 2 rings (SSSR count). The Balaban J connectivity index is 2.00. The predicted octanol–water partition coefficient (Wildman–Crippen LogP) is 1.25. The van der Waals surface area contributed by atoms with Gasteiger partial charge in [0.1, 0.15) is 6.04 Å². The van der Waals surface area contributed by atoms with E-state index in [9.17, 15) is 14.4 Å². The van der Waals surface area contributed by atoms with Crippen LogP contribution in [-0.4, -0.2) is 49.2 Å². The molecule has 0 bridgehead atoms. The average Bonchev–Trinajstić information content (AvgIpc) is 2.78. The molecular formula is C23H24N2O5.